The van der Waals surface area contributed by atoms with Gasteiger partial charge in [-0.05, 0) is 33.6 Å². The molecule has 100 valence electrons. The van der Waals surface area contributed by atoms with Gasteiger partial charge in [0.15, 0.2) is 0 Å². The third-order valence-corrected chi connectivity index (χ3v) is 2.92. The maximum Gasteiger partial charge on any atom is 0.237 e. The number of nitrogens with one attached hydrogen (secondary N) is 2. The quantitative estimate of drug-likeness (QED) is 0.610. The van der Waals surface area contributed by atoms with Crippen LogP contribution in [-0.2, 0) is 9.59 Å². The van der Waals surface area contributed by atoms with Crippen molar-refractivity contribution in [2.75, 3.05) is 0 Å². The van der Waals surface area contributed by atoms with Crippen LogP contribution in [-0.4, -0.2) is 29.4 Å². The Morgan fingerprint density at radius 1 is 1.24 bits per heavy atom. The minimum Gasteiger partial charge on any atom is -0.368 e. The van der Waals surface area contributed by atoms with Crippen LogP contribution in [0.25, 0.3) is 0 Å². The molecule has 0 fully saturated rings. The molecule has 5 nitrogen and oxygen atoms in total. The lowest BCUT2D eigenvalue weighted by molar-refractivity contribution is -0.126. The molecule has 0 heterocycles. The maximum absolute atomic E-state index is 11.8. The molecule has 0 rings (SSSR count). The van der Waals surface area contributed by atoms with E-state index in [4.69, 9.17) is 5.73 Å². The van der Waals surface area contributed by atoms with E-state index in [1.165, 1.54) is 0 Å². The summed E-state index contributed by atoms with van der Waals surface area (Å²) in [6, 6.07) is -0.262. The molecule has 1 atom stereocenters. The van der Waals surface area contributed by atoms with Gasteiger partial charge in [-0.15, -0.1) is 0 Å². The summed E-state index contributed by atoms with van der Waals surface area (Å²) in [5.41, 5.74) is 4.35. The SMILES string of the molecule is CCC(CC)NC(=O)C(C)NC(C)(C)C(N)=O. The highest BCUT2D eigenvalue weighted by Crippen LogP contribution is 2.03. The van der Waals surface area contributed by atoms with Crippen LogP contribution in [0.15, 0.2) is 0 Å². The Morgan fingerprint density at radius 2 is 1.71 bits per heavy atom. The number of primary amides is 1. The van der Waals surface area contributed by atoms with E-state index in [9.17, 15) is 9.59 Å². The van der Waals surface area contributed by atoms with E-state index in [1.807, 2.05) is 13.8 Å². The van der Waals surface area contributed by atoms with Crippen LogP contribution in [0, 0.1) is 0 Å². The van der Waals surface area contributed by atoms with Crippen LogP contribution < -0.4 is 16.4 Å². The predicted molar refractivity (Wildman–Crippen MR) is 68.4 cm³/mol. The first-order chi connectivity index (χ1) is 7.74. The normalized spacial score (nSPS) is 13.5. The third-order valence-electron chi connectivity index (χ3n) is 2.92. The molecule has 0 aromatic heterocycles. The zero-order chi connectivity index (χ0) is 13.6. The molecule has 0 spiro atoms. The highest BCUT2D eigenvalue weighted by Gasteiger charge is 2.29. The molecule has 0 saturated heterocycles. The number of amides is 2. The Balaban J connectivity index is 4.37. The van der Waals surface area contributed by atoms with Crippen molar-refractivity contribution in [2.45, 2.75) is 65.1 Å². The number of carbonyl (C=O) groups is 2. The van der Waals surface area contributed by atoms with Crippen molar-refractivity contribution in [3.63, 3.8) is 0 Å². The van der Waals surface area contributed by atoms with Crippen molar-refractivity contribution in [1.29, 1.82) is 0 Å². The van der Waals surface area contributed by atoms with Crippen molar-refractivity contribution >= 4 is 11.8 Å². The molecule has 0 aliphatic rings. The molecule has 0 aliphatic carbocycles. The number of hydrogen-bond acceptors (Lipinski definition) is 3. The summed E-state index contributed by atoms with van der Waals surface area (Å²) in [6.07, 6.45) is 1.79. The van der Waals surface area contributed by atoms with E-state index < -0.39 is 17.5 Å². The molecule has 2 amide bonds. The van der Waals surface area contributed by atoms with Crippen molar-refractivity contribution in [1.82, 2.24) is 10.6 Å². The van der Waals surface area contributed by atoms with E-state index in [-0.39, 0.29) is 11.9 Å². The van der Waals surface area contributed by atoms with E-state index in [2.05, 4.69) is 10.6 Å². The lowest BCUT2D eigenvalue weighted by Gasteiger charge is -2.27. The summed E-state index contributed by atoms with van der Waals surface area (Å²) < 4.78 is 0. The summed E-state index contributed by atoms with van der Waals surface area (Å²) in [4.78, 5) is 23.0. The highest BCUT2D eigenvalue weighted by atomic mass is 16.2. The topological polar surface area (TPSA) is 84.2 Å². The summed E-state index contributed by atoms with van der Waals surface area (Å²) in [5.74, 6) is -0.576. The summed E-state index contributed by atoms with van der Waals surface area (Å²) >= 11 is 0. The smallest absolute Gasteiger partial charge is 0.237 e. The fourth-order valence-electron chi connectivity index (χ4n) is 1.50. The van der Waals surface area contributed by atoms with Crippen molar-refractivity contribution in [3.05, 3.63) is 0 Å². The molecule has 0 aliphatic heterocycles. The molecule has 4 N–H and O–H groups in total. The van der Waals surface area contributed by atoms with Gasteiger partial charge in [-0.25, -0.2) is 0 Å². The van der Waals surface area contributed by atoms with Gasteiger partial charge in [0.1, 0.15) is 0 Å². The largest absolute Gasteiger partial charge is 0.368 e. The molecule has 0 aromatic carbocycles. The Morgan fingerprint density at radius 3 is 2.06 bits per heavy atom. The fourth-order valence-corrected chi connectivity index (χ4v) is 1.50. The van der Waals surface area contributed by atoms with Gasteiger partial charge >= 0.3 is 0 Å². The van der Waals surface area contributed by atoms with Crippen LogP contribution in [0.5, 0.6) is 0 Å². The first-order valence-electron chi connectivity index (χ1n) is 6.12. The number of carbonyl (C=O) groups excluding carboxylic acids is 2. The Bertz CT molecular complexity index is 273. The molecule has 1 unspecified atom stereocenters. The summed E-state index contributed by atoms with van der Waals surface area (Å²) in [5, 5.41) is 5.85. The van der Waals surface area contributed by atoms with E-state index in [0.717, 1.165) is 12.8 Å². The molecule has 0 saturated carbocycles. The van der Waals surface area contributed by atoms with Crippen molar-refractivity contribution in [2.24, 2.45) is 5.73 Å². The number of rotatable bonds is 7. The Labute approximate surface area is 104 Å². The average molecular weight is 243 g/mol. The molecule has 17 heavy (non-hydrogen) atoms. The van der Waals surface area contributed by atoms with Gasteiger partial charge in [-0.2, -0.15) is 0 Å². The van der Waals surface area contributed by atoms with Crippen LogP contribution in [0.1, 0.15) is 47.5 Å². The van der Waals surface area contributed by atoms with E-state index >= 15 is 0 Å². The van der Waals surface area contributed by atoms with Gasteiger partial charge in [0.2, 0.25) is 11.8 Å². The molecular weight excluding hydrogens is 218 g/mol. The van der Waals surface area contributed by atoms with Gasteiger partial charge in [0, 0.05) is 6.04 Å². The first-order valence-corrected chi connectivity index (χ1v) is 6.12. The molecule has 0 radical (unpaired) electrons. The van der Waals surface area contributed by atoms with Crippen LogP contribution in [0.4, 0.5) is 0 Å². The second-order valence-electron chi connectivity index (χ2n) is 4.88. The van der Waals surface area contributed by atoms with Crippen molar-refractivity contribution in [3.8, 4) is 0 Å². The van der Waals surface area contributed by atoms with E-state index in [1.54, 1.807) is 20.8 Å². The Kier molecular flexibility index (Phi) is 6.16. The summed E-state index contributed by atoms with van der Waals surface area (Å²) in [6.45, 7) is 9.11. The second kappa shape index (κ2) is 6.59. The first kappa shape index (κ1) is 15.9. The molecule has 0 bridgehead atoms. The monoisotopic (exact) mass is 243 g/mol. The molecule has 0 aromatic rings. The molecular formula is C12H25N3O2. The predicted octanol–water partition coefficient (Wildman–Crippen LogP) is 0.533. The van der Waals surface area contributed by atoms with Gasteiger partial charge in [-0.1, -0.05) is 13.8 Å². The van der Waals surface area contributed by atoms with Crippen LogP contribution in [0.2, 0.25) is 0 Å². The molecule has 5 heteroatoms. The second-order valence-corrected chi connectivity index (χ2v) is 4.88. The van der Waals surface area contributed by atoms with Crippen LogP contribution in [0.3, 0.4) is 0 Å². The lowest BCUT2D eigenvalue weighted by atomic mass is 10.0. The van der Waals surface area contributed by atoms with Gasteiger partial charge in [0.25, 0.3) is 0 Å². The lowest BCUT2D eigenvalue weighted by Crippen LogP contribution is -2.58. The van der Waals surface area contributed by atoms with Gasteiger partial charge < -0.3 is 11.1 Å². The summed E-state index contributed by atoms with van der Waals surface area (Å²) in [7, 11) is 0. The highest BCUT2D eigenvalue weighted by molar-refractivity contribution is 5.86. The zero-order valence-corrected chi connectivity index (χ0v) is 11.5. The van der Waals surface area contributed by atoms with Crippen molar-refractivity contribution < 1.29 is 9.59 Å². The standard InChI is InChI=1S/C12H25N3O2/c1-6-9(7-2)14-10(16)8(3)15-12(4,5)11(13)17/h8-9,15H,6-7H2,1-5H3,(H2,13,17)(H,14,16). The van der Waals surface area contributed by atoms with Crippen LogP contribution >= 0.6 is 0 Å². The minimum absolute atomic E-state index is 0.104. The van der Waals surface area contributed by atoms with Gasteiger partial charge in [-0.3, -0.25) is 14.9 Å². The fraction of sp³-hybridized carbons (Fsp3) is 0.833. The number of hydrogen-bond donors (Lipinski definition) is 3. The maximum atomic E-state index is 11.8. The van der Waals surface area contributed by atoms with Gasteiger partial charge in [0.05, 0.1) is 11.6 Å². The third kappa shape index (κ3) is 5.17. The zero-order valence-electron chi connectivity index (χ0n) is 11.5. The number of nitrogens with two attached hydrogens (primary N) is 1. The Hall–Kier alpha value is -1.10. The van der Waals surface area contributed by atoms with E-state index in [0.29, 0.717) is 0 Å². The minimum atomic E-state index is -0.884. The average Bonchev–Trinajstić information content (AvgIpc) is 2.24.